The molecule has 2 rings (SSSR count). The molecule has 22 heavy (non-hydrogen) atoms. The quantitative estimate of drug-likeness (QED) is 0.746. The van der Waals surface area contributed by atoms with Crippen LogP contribution in [0.4, 0.5) is 0 Å². The van der Waals surface area contributed by atoms with E-state index >= 15 is 0 Å². The molecule has 1 aromatic carbocycles. The Bertz CT molecular complexity index is 607. The number of aliphatic hydroxyl groups excluding tert-OH is 1. The molecule has 0 atom stereocenters. The molecular weight excluding hydrogens is 280 g/mol. The van der Waals surface area contributed by atoms with Gasteiger partial charge in [-0.2, -0.15) is 0 Å². The van der Waals surface area contributed by atoms with Crippen molar-refractivity contribution in [3.63, 3.8) is 0 Å². The minimum Gasteiger partial charge on any atom is -0.490 e. The molecule has 0 amide bonds. The lowest BCUT2D eigenvalue weighted by Gasteiger charge is -2.12. The Labute approximate surface area is 131 Å². The average Bonchev–Trinajstić information content (AvgIpc) is 2.84. The van der Waals surface area contributed by atoms with Gasteiger partial charge in [0.25, 0.3) is 0 Å². The Morgan fingerprint density at radius 3 is 2.41 bits per heavy atom. The van der Waals surface area contributed by atoms with Crippen molar-refractivity contribution in [2.75, 3.05) is 26.4 Å². The highest BCUT2D eigenvalue weighted by Gasteiger charge is 2.14. The maximum atomic E-state index is 9.09. The van der Waals surface area contributed by atoms with Gasteiger partial charge in [-0.25, -0.2) is 0 Å². The zero-order chi connectivity index (χ0) is 15.9. The second kappa shape index (κ2) is 8.06. The molecule has 0 unspecified atom stereocenters. The normalized spacial score (nSPS) is 11.1. The number of ether oxygens (including phenoxy) is 2. The van der Waals surface area contributed by atoms with Crippen LogP contribution in [-0.2, 0) is 13.0 Å². The first-order chi connectivity index (χ1) is 10.7. The molecule has 122 valence electrons. The molecule has 0 aliphatic heterocycles. The molecule has 0 aliphatic carbocycles. The zero-order valence-corrected chi connectivity index (χ0v) is 13.5. The molecule has 3 N–H and O–H groups in total. The van der Waals surface area contributed by atoms with Gasteiger partial charge in [0.2, 0.25) is 0 Å². The van der Waals surface area contributed by atoms with Gasteiger partial charge in [-0.3, -0.25) is 0 Å². The second-order valence-corrected chi connectivity index (χ2v) is 5.15. The van der Waals surface area contributed by atoms with Gasteiger partial charge in [0.1, 0.15) is 0 Å². The summed E-state index contributed by atoms with van der Waals surface area (Å²) in [5.41, 5.74) is 8.03. The molecule has 0 fully saturated rings. The van der Waals surface area contributed by atoms with Crippen molar-refractivity contribution in [2.24, 2.45) is 5.73 Å². The zero-order valence-electron chi connectivity index (χ0n) is 13.5. The molecule has 0 saturated heterocycles. The van der Waals surface area contributed by atoms with Crippen molar-refractivity contribution in [2.45, 2.75) is 33.2 Å². The highest BCUT2D eigenvalue weighted by molar-refractivity contribution is 5.87. The number of aliphatic hydroxyl groups is 1. The average molecular weight is 306 g/mol. The predicted molar refractivity (Wildman–Crippen MR) is 88.7 cm³/mol. The van der Waals surface area contributed by atoms with E-state index in [9.17, 15) is 0 Å². The van der Waals surface area contributed by atoms with Crippen LogP contribution in [0.2, 0.25) is 0 Å². The number of hydrogen-bond donors (Lipinski definition) is 2. The molecule has 0 spiro atoms. The maximum Gasteiger partial charge on any atom is 0.163 e. The van der Waals surface area contributed by atoms with Crippen molar-refractivity contribution >= 4 is 10.9 Å². The molecule has 5 heteroatoms. The van der Waals surface area contributed by atoms with Gasteiger partial charge in [-0.15, -0.1) is 0 Å². The van der Waals surface area contributed by atoms with E-state index < -0.39 is 0 Å². The van der Waals surface area contributed by atoms with Crippen LogP contribution >= 0.6 is 0 Å². The molecule has 0 radical (unpaired) electrons. The van der Waals surface area contributed by atoms with Crippen LogP contribution in [0, 0.1) is 0 Å². The summed E-state index contributed by atoms with van der Waals surface area (Å²) in [5, 5.41) is 10.2. The Kier molecular flexibility index (Phi) is 6.10. The Morgan fingerprint density at radius 2 is 1.82 bits per heavy atom. The van der Waals surface area contributed by atoms with Crippen LogP contribution in [-0.4, -0.2) is 36.0 Å². The predicted octanol–water partition coefficient (Wildman–Crippen LogP) is 2.32. The number of nitrogens with two attached hydrogens (primary N) is 1. The van der Waals surface area contributed by atoms with Crippen LogP contribution in [0.5, 0.6) is 11.5 Å². The van der Waals surface area contributed by atoms with Crippen LogP contribution in [0.25, 0.3) is 10.9 Å². The van der Waals surface area contributed by atoms with Gasteiger partial charge in [-0.05, 0) is 38.3 Å². The van der Waals surface area contributed by atoms with Crippen molar-refractivity contribution in [1.29, 1.82) is 0 Å². The summed E-state index contributed by atoms with van der Waals surface area (Å²) in [6, 6.07) is 4.07. The third kappa shape index (κ3) is 3.54. The van der Waals surface area contributed by atoms with Crippen molar-refractivity contribution in [1.82, 2.24) is 4.57 Å². The number of nitrogens with zero attached hydrogens (tertiary/aromatic N) is 1. The maximum absolute atomic E-state index is 9.09. The molecule has 2 aromatic rings. The number of aryl methyl sites for hydroxylation is 1. The number of fused-ring (bicyclic) bond motifs is 1. The topological polar surface area (TPSA) is 69.6 Å². The van der Waals surface area contributed by atoms with Crippen molar-refractivity contribution < 1.29 is 14.6 Å². The van der Waals surface area contributed by atoms with Gasteiger partial charge in [0, 0.05) is 37.3 Å². The summed E-state index contributed by atoms with van der Waals surface area (Å²) >= 11 is 0. The lowest BCUT2D eigenvalue weighted by Crippen LogP contribution is -2.08. The van der Waals surface area contributed by atoms with Gasteiger partial charge in [0.05, 0.1) is 18.7 Å². The van der Waals surface area contributed by atoms with E-state index in [1.807, 2.05) is 26.0 Å². The van der Waals surface area contributed by atoms with E-state index in [0.717, 1.165) is 41.8 Å². The fourth-order valence-corrected chi connectivity index (χ4v) is 2.70. The van der Waals surface area contributed by atoms with Crippen LogP contribution in [0.1, 0.15) is 25.8 Å². The van der Waals surface area contributed by atoms with E-state index in [4.69, 9.17) is 20.3 Å². The van der Waals surface area contributed by atoms with Crippen molar-refractivity contribution in [3.05, 3.63) is 23.9 Å². The largest absolute Gasteiger partial charge is 0.490 e. The summed E-state index contributed by atoms with van der Waals surface area (Å²) < 4.78 is 13.6. The smallest absolute Gasteiger partial charge is 0.163 e. The summed E-state index contributed by atoms with van der Waals surface area (Å²) in [4.78, 5) is 0. The number of benzene rings is 1. The van der Waals surface area contributed by atoms with E-state index in [-0.39, 0.29) is 6.61 Å². The first kappa shape index (κ1) is 16.6. The summed E-state index contributed by atoms with van der Waals surface area (Å²) in [5.74, 6) is 1.54. The Balaban J connectivity index is 2.53. The van der Waals surface area contributed by atoms with Crippen LogP contribution in [0.15, 0.2) is 18.3 Å². The molecule has 0 bridgehead atoms. The van der Waals surface area contributed by atoms with Crippen molar-refractivity contribution in [3.8, 4) is 11.5 Å². The lowest BCUT2D eigenvalue weighted by molar-refractivity contribution is 0.288. The standard InChI is InChI=1S/C17H26N2O3/c1-3-21-16-10-14-13(6-5-9-20)12-19(8-7-18)15(14)11-17(16)22-4-2/h10-12,20H,3-9,18H2,1-2H3. The van der Waals surface area contributed by atoms with Crippen LogP contribution < -0.4 is 15.2 Å². The lowest BCUT2D eigenvalue weighted by atomic mass is 10.1. The third-order valence-electron chi connectivity index (χ3n) is 3.60. The molecule has 1 heterocycles. The fraction of sp³-hybridized carbons (Fsp3) is 0.529. The molecular formula is C17H26N2O3. The first-order valence-corrected chi connectivity index (χ1v) is 7.97. The van der Waals surface area contributed by atoms with E-state index in [1.165, 1.54) is 5.56 Å². The summed E-state index contributed by atoms with van der Waals surface area (Å²) in [7, 11) is 0. The fourth-order valence-electron chi connectivity index (χ4n) is 2.70. The monoisotopic (exact) mass is 306 g/mol. The van der Waals surface area contributed by atoms with E-state index in [1.54, 1.807) is 0 Å². The molecule has 0 saturated carbocycles. The Morgan fingerprint density at radius 1 is 1.14 bits per heavy atom. The highest BCUT2D eigenvalue weighted by atomic mass is 16.5. The van der Waals surface area contributed by atoms with E-state index in [2.05, 4.69) is 10.8 Å². The third-order valence-corrected chi connectivity index (χ3v) is 3.60. The summed E-state index contributed by atoms with van der Waals surface area (Å²) in [6.07, 6.45) is 3.71. The highest BCUT2D eigenvalue weighted by Crippen LogP contribution is 2.35. The number of aromatic nitrogens is 1. The van der Waals surface area contributed by atoms with E-state index in [0.29, 0.717) is 19.8 Å². The number of hydrogen-bond acceptors (Lipinski definition) is 4. The number of rotatable bonds is 9. The van der Waals surface area contributed by atoms with Crippen LogP contribution in [0.3, 0.4) is 0 Å². The van der Waals surface area contributed by atoms with Gasteiger partial charge >= 0.3 is 0 Å². The minimum absolute atomic E-state index is 0.193. The second-order valence-electron chi connectivity index (χ2n) is 5.15. The van der Waals surface area contributed by atoms with Gasteiger partial charge in [0.15, 0.2) is 11.5 Å². The first-order valence-electron chi connectivity index (χ1n) is 7.97. The SMILES string of the molecule is CCOc1cc2c(CCCO)cn(CCN)c2cc1OCC. The molecule has 0 aliphatic rings. The summed E-state index contributed by atoms with van der Waals surface area (Å²) in [6.45, 7) is 6.66. The molecule has 5 nitrogen and oxygen atoms in total. The minimum atomic E-state index is 0.193. The Hall–Kier alpha value is -1.72. The molecule has 1 aromatic heterocycles. The van der Waals surface area contributed by atoms with Gasteiger partial charge < -0.3 is 24.9 Å². The van der Waals surface area contributed by atoms with Gasteiger partial charge in [-0.1, -0.05) is 0 Å².